The summed E-state index contributed by atoms with van der Waals surface area (Å²) in [4.78, 5) is 11.2. The van der Waals surface area contributed by atoms with E-state index in [4.69, 9.17) is 4.74 Å². The Morgan fingerprint density at radius 3 is 2.65 bits per heavy atom. The van der Waals surface area contributed by atoms with Crippen LogP contribution in [0.3, 0.4) is 0 Å². The summed E-state index contributed by atoms with van der Waals surface area (Å²) in [6.45, 7) is 0.272. The Bertz CT molecular complexity index is 494. The van der Waals surface area contributed by atoms with Crippen molar-refractivity contribution < 1.29 is 23.1 Å². The van der Waals surface area contributed by atoms with Crippen LogP contribution in [0.1, 0.15) is 38.5 Å². The first-order valence-electron chi connectivity index (χ1n) is 7.15. The smallest absolute Gasteiger partial charge is 0.322 e. The van der Waals surface area contributed by atoms with E-state index in [0.717, 1.165) is 23.6 Å². The molecule has 0 aromatic carbocycles. The molecule has 3 heterocycles. The summed E-state index contributed by atoms with van der Waals surface area (Å²) in [5.74, 6) is -1.07. The Morgan fingerprint density at radius 2 is 2.05 bits per heavy atom. The molecule has 0 aromatic heterocycles. The monoisotopic (exact) mass is 304 g/mol. The van der Waals surface area contributed by atoms with E-state index in [2.05, 4.69) is 4.72 Å². The van der Waals surface area contributed by atoms with Crippen molar-refractivity contribution in [3.05, 3.63) is 0 Å². The minimum atomic E-state index is -3.76. The van der Waals surface area contributed by atoms with Crippen molar-refractivity contribution in [2.75, 3.05) is 6.54 Å². The fourth-order valence-corrected chi connectivity index (χ4v) is 5.13. The molecule has 3 saturated heterocycles. The number of nitrogens with one attached hydrogen (secondary N) is 1. The number of hydrogen-bond acceptors (Lipinski definition) is 4. The van der Waals surface area contributed by atoms with E-state index in [1.807, 2.05) is 0 Å². The maximum absolute atomic E-state index is 12.4. The molecule has 2 bridgehead atoms. The zero-order chi connectivity index (χ0) is 14.3. The number of aliphatic carboxylic acids is 1. The minimum Gasteiger partial charge on any atom is -0.480 e. The molecule has 0 amide bonds. The van der Waals surface area contributed by atoms with Crippen LogP contribution in [0, 0.1) is 0 Å². The molecule has 8 heteroatoms. The highest BCUT2D eigenvalue weighted by atomic mass is 32.2. The van der Waals surface area contributed by atoms with Crippen molar-refractivity contribution in [3.8, 4) is 0 Å². The maximum Gasteiger partial charge on any atom is 0.322 e. The van der Waals surface area contributed by atoms with E-state index in [1.54, 1.807) is 0 Å². The molecule has 0 aliphatic carbocycles. The van der Waals surface area contributed by atoms with Gasteiger partial charge in [0, 0.05) is 6.54 Å². The predicted octanol–water partition coefficient (Wildman–Crippen LogP) is 0.0798. The number of hydrogen-bond donors (Lipinski definition) is 2. The molecule has 0 aromatic rings. The minimum absolute atomic E-state index is 0.0529. The number of piperidine rings is 1. The number of ether oxygens (including phenoxy) is 1. The quantitative estimate of drug-likeness (QED) is 0.767. The first-order chi connectivity index (χ1) is 9.47. The predicted molar refractivity (Wildman–Crippen MR) is 70.3 cm³/mol. The van der Waals surface area contributed by atoms with Gasteiger partial charge < -0.3 is 9.84 Å². The van der Waals surface area contributed by atoms with Crippen molar-refractivity contribution in [2.24, 2.45) is 0 Å². The van der Waals surface area contributed by atoms with E-state index in [0.29, 0.717) is 19.3 Å². The highest BCUT2D eigenvalue weighted by Crippen LogP contribution is 2.35. The topological polar surface area (TPSA) is 95.9 Å². The largest absolute Gasteiger partial charge is 0.480 e. The summed E-state index contributed by atoms with van der Waals surface area (Å²) < 4.78 is 34.2. The zero-order valence-corrected chi connectivity index (χ0v) is 12.0. The van der Waals surface area contributed by atoms with Crippen LogP contribution in [0.25, 0.3) is 0 Å². The van der Waals surface area contributed by atoms with Gasteiger partial charge in [-0.3, -0.25) is 4.79 Å². The number of carboxylic acid groups (broad SMARTS) is 1. The molecule has 7 nitrogen and oxygen atoms in total. The third kappa shape index (κ3) is 2.57. The Morgan fingerprint density at radius 1 is 1.25 bits per heavy atom. The van der Waals surface area contributed by atoms with Gasteiger partial charge in [-0.15, -0.1) is 0 Å². The molecule has 3 fully saturated rings. The van der Waals surface area contributed by atoms with Gasteiger partial charge in [0.05, 0.1) is 18.2 Å². The zero-order valence-electron chi connectivity index (χ0n) is 11.2. The summed E-state index contributed by atoms with van der Waals surface area (Å²) in [7, 11) is -3.76. The molecule has 4 unspecified atom stereocenters. The van der Waals surface area contributed by atoms with Crippen LogP contribution >= 0.6 is 0 Å². The van der Waals surface area contributed by atoms with Gasteiger partial charge in [0.2, 0.25) is 0 Å². The van der Waals surface area contributed by atoms with Crippen LogP contribution in [0.15, 0.2) is 0 Å². The molecule has 114 valence electrons. The number of fused-ring (bicyclic) bond motifs is 2. The SMILES string of the molecule is O=C(O)C1CCCCN1S(=O)(=O)NC1CC2CCC1O2. The van der Waals surface area contributed by atoms with E-state index < -0.39 is 22.2 Å². The maximum atomic E-state index is 12.4. The molecule has 0 spiro atoms. The molecular weight excluding hydrogens is 284 g/mol. The fraction of sp³-hybridized carbons (Fsp3) is 0.917. The molecule has 4 atom stereocenters. The van der Waals surface area contributed by atoms with Crippen molar-refractivity contribution in [3.63, 3.8) is 0 Å². The van der Waals surface area contributed by atoms with Gasteiger partial charge in [0.1, 0.15) is 6.04 Å². The second-order valence-corrected chi connectivity index (χ2v) is 7.45. The molecule has 3 aliphatic heterocycles. The molecule has 0 saturated carbocycles. The first-order valence-corrected chi connectivity index (χ1v) is 8.59. The van der Waals surface area contributed by atoms with Crippen LogP contribution in [0.4, 0.5) is 0 Å². The van der Waals surface area contributed by atoms with Crippen LogP contribution in [-0.2, 0) is 19.7 Å². The molecule has 0 radical (unpaired) electrons. The van der Waals surface area contributed by atoms with E-state index in [9.17, 15) is 18.3 Å². The third-order valence-electron chi connectivity index (χ3n) is 4.45. The Balaban J connectivity index is 1.71. The summed E-state index contributed by atoms with van der Waals surface area (Å²) in [5.41, 5.74) is 0. The van der Waals surface area contributed by atoms with Gasteiger partial charge in [-0.2, -0.15) is 17.4 Å². The van der Waals surface area contributed by atoms with E-state index >= 15 is 0 Å². The number of nitrogens with zero attached hydrogens (tertiary/aromatic N) is 1. The van der Waals surface area contributed by atoms with Crippen LogP contribution in [-0.4, -0.2) is 54.6 Å². The summed E-state index contributed by atoms with van der Waals surface area (Å²) in [6.07, 6.45) is 4.49. The second kappa shape index (κ2) is 5.25. The number of carbonyl (C=O) groups is 1. The van der Waals surface area contributed by atoms with E-state index in [1.165, 1.54) is 0 Å². The van der Waals surface area contributed by atoms with Crippen molar-refractivity contribution >= 4 is 16.2 Å². The standard InChI is InChI=1S/C12H20N2O5S/c15-12(16)10-3-1-2-6-14(10)20(17,18)13-9-7-8-4-5-11(9)19-8/h8-11,13H,1-7H2,(H,15,16). The Hall–Kier alpha value is -0.700. The highest BCUT2D eigenvalue weighted by molar-refractivity contribution is 7.87. The average Bonchev–Trinajstić information content (AvgIpc) is 3.00. The normalized spacial score (nSPS) is 38.2. The lowest BCUT2D eigenvalue weighted by Gasteiger charge is -2.33. The van der Waals surface area contributed by atoms with Crippen molar-refractivity contribution in [1.82, 2.24) is 9.03 Å². The average molecular weight is 304 g/mol. The van der Waals surface area contributed by atoms with Gasteiger partial charge in [-0.1, -0.05) is 0 Å². The van der Waals surface area contributed by atoms with Gasteiger partial charge in [0.15, 0.2) is 0 Å². The lowest BCUT2D eigenvalue weighted by molar-refractivity contribution is -0.142. The van der Waals surface area contributed by atoms with E-state index in [-0.39, 0.29) is 24.8 Å². The van der Waals surface area contributed by atoms with Crippen molar-refractivity contribution in [2.45, 2.75) is 62.8 Å². The lowest BCUT2D eigenvalue weighted by atomic mass is 9.96. The fourth-order valence-electron chi connectivity index (χ4n) is 3.46. The molecular formula is C12H20N2O5S. The Labute approximate surface area is 118 Å². The van der Waals surface area contributed by atoms with Gasteiger partial charge in [-0.25, -0.2) is 0 Å². The van der Waals surface area contributed by atoms with Crippen LogP contribution < -0.4 is 4.72 Å². The first kappa shape index (κ1) is 14.2. The number of carboxylic acids is 1. The van der Waals surface area contributed by atoms with Gasteiger partial charge in [0.25, 0.3) is 10.2 Å². The summed E-state index contributed by atoms with van der Waals surface area (Å²) >= 11 is 0. The molecule has 3 rings (SSSR count). The molecule has 2 N–H and O–H groups in total. The second-order valence-electron chi connectivity index (χ2n) is 5.80. The number of rotatable bonds is 4. The molecule has 20 heavy (non-hydrogen) atoms. The molecule has 3 aliphatic rings. The third-order valence-corrected chi connectivity index (χ3v) is 6.11. The lowest BCUT2D eigenvalue weighted by Crippen LogP contribution is -2.55. The Kier molecular flexibility index (Phi) is 3.74. The van der Waals surface area contributed by atoms with Crippen LogP contribution in [0.2, 0.25) is 0 Å². The summed E-state index contributed by atoms with van der Waals surface area (Å²) in [6, 6.07) is -1.16. The highest BCUT2D eigenvalue weighted by Gasteiger charge is 2.45. The van der Waals surface area contributed by atoms with Crippen molar-refractivity contribution in [1.29, 1.82) is 0 Å². The van der Waals surface area contributed by atoms with Crippen LogP contribution in [0.5, 0.6) is 0 Å². The summed E-state index contributed by atoms with van der Waals surface area (Å²) in [5, 5.41) is 9.18. The van der Waals surface area contributed by atoms with Gasteiger partial charge in [-0.05, 0) is 38.5 Å². The van der Waals surface area contributed by atoms with Gasteiger partial charge >= 0.3 is 5.97 Å².